The minimum Gasteiger partial charge on any atom is -0.322 e. The van der Waals surface area contributed by atoms with Gasteiger partial charge in [-0.3, -0.25) is 4.90 Å². The Hall–Kier alpha value is -1.55. The number of benzene rings is 1. The van der Waals surface area contributed by atoms with Gasteiger partial charge in [-0.05, 0) is 29.9 Å². The fraction of sp³-hybridized carbons (Fsp3) is 0.611. The Morgan fingerprint density at radius 1 is 1.09 bits per heavy atom. The number of carbonyl (C=O) groups excluding carboxylic acids is 1. The van der Waals surface area contributed by atoms with Crippen LogP contribution >= 0.6 is 0 Å². The van der Waals surface area contributed by atoms with Crippen molar-refractivity contribution in [2.45, 2.75) is 45.1 Å². The molecule has 1 aliphatic heterocycles. The quantitative estimate of drug-likeness (QED) is 0.910. The molecule has 0 radical (unpaired) electrons. The van der Waals surface area contributed by atoms with Crippen LogP contribution in [0, 0.1) is 0 Å². The lowest BCUT2D eigenvalue weighted by molar-refractivity contribution is 0.142. The second-order valence-electron chi connectivity index (χ2n) is 7.48. The van der Waals surface area contributed by atoms with Gasteiger partial charge in [0.1, 0.15) is 0 Å². The topological polar surface area (TPSA) is 35.6 Å². The normalized spacial score (nSPS) is 20.0. The third-order valence-electron chi connectivity index (χ3n) is 4.64. The molecule has 3 rings (SSSR count). The number of piperazine rings is 1. The van der Waals surface area contributed by atoms with E-state index in [9.17, 15) is 4.79 Å². The van der Waals surface area contributed by atoms with Gasteiger partial charge >= 0.3 is 6.03 Å². The Balaban J connectivity index is 1.62. The summed E-state index contributed by atoms with van der Waals surface area (Å²) < 4.78 is 0. The summed E-state index contributed by atoms with van der Waals surface area (Å²) in [6.45, 7) is 10.2. The number of carbonyl (C=O) groups is 1. The van der Waals surface area contributed by atoms with Crippen LogP contribution in [0.3, 0.4) is 0 Å². The average Bonchev–Trinajstić information content (AvgIpc) is 3.31. The minimum atomic E-state index is 0.0224. The molecule has 1 aromatic carbocycles. The van der Waals surface area contributed by atoms with Gasteiger partial charge in [0, 0.05) is 37.9 Å². The van der Waals surface area contributed by atoms with Crippen LogP contribution in [-0.2, 0) is 5.41 Å². The minimum absolute atomic E-state index is 0.0224. The maximum atomic E-state index is 12.5. The first-order chi connectivity index (χ1) is 10.4. The van der Waals surface area contributed by atoms with Crippen LogP contribution in [-0.4, -0.2) is 48.1 Å². The summed E-state index contributed by atoms with van der Waals surface area (Å²) in [5.74, 6) is 0. The molecule has 1 saturated heterocycles. The predicted octanol–water partition coefficient (Wildman–Crippen LogP) is 3.30. The van der Waals surface area contributed by atoms with E-state index in [4.69, 9.17) is 0 Å². The summed E-state index contributed by atoms with van der Waals surface area (Å²) in [6.07, 6.45) is 2.68. The Bertz CT molecular complexity index is 538. The summed E-state index contributed by atoms with van der Waals surface area (Å²) in [4.78, 5) is 17.0. The zero-order valence-corrected chi connectivity index (χ0v) is 13.9. The Morgan fingerprint density at radius 2 is 1.73 bits per heavy atom. The maximum Gasteiger partial charge on any atom is 0.321 e. The van der Waals surface area contributed by atoms with Crippen molar-refractivity contribution in [3.8, 4) is 0 Å². The molecule has 1 saturated carbocycles. The van der Waals surface area contributed by atoms with E-state index in [0.29, 0.717) is 0 Å². The number of hydrogen-bond donors (Lipinski definition) is 1. The van der Waals surface area contributed by atoms with Gasteiger partial charge in [0.2, 0.25) is 0 Å². The number of para-hydroxylation sites is 1. The maximum absolute atomic E-state index is 12.5. The molecule has 1 N–H and O–H groups in total. The van der Waals surface area contributed by atoms with Crippen molar-refractivity contribution >= 4 is 11.7 Å². The lowest BCUT2D eigenvalue weighted by atomic mass is 9.86. The lowest BCUT2D eigenvalue weighted by Crippen LogP contribution is -2.50. The SMILES string of the molecule is CC(C)(C)c1ccccc1NC(=O)N1CCN(C2CC2)CC1. The van der Waals surface area contributed by atoms with E-state index in [1.54, 1.807) is 0 Å². The van der Waals surface area contributed by atoms with Gasteiger partial charge in [-0.15, -0.1) is 0 Å². The van der Waals surface area contributed by atoms with E-state index < -0.39 is 0 Å². The molecule has 120 valence electrons. The highest BCUT2D eigenvalue weighted by molar-refractivity contribution is 5.90. The van der Waals surface area contributed by atoms with Crippen molar-refractivity contribution < 1.29 is 4.79 Å². The average molecular weight is 301 g/mol. The summed E-state index contributed by atoms with van der Waals surface area (Å²) in [5.41, 5.74) is 2.14. The van der Waals surface area contributed by atoms with Gasteiger partial charge in [-0.2, -0.15) is 0 Å². The molecular formula is C18H27N3O. The fourth-order valence-corrected chi connectivity index (χ4v) is 3.17. The largest absolute Gasteiger partial charge is 0.322 e. The van der Waals surface area contributed by atoms with Crippen molar-refractivity contribution in [3.05, 3.63) is 29.8 Å². The first kappa shape index (κ1) is 15.3. The Morgan fingerprint density at radius 3 is 2.32 bits per heavy atom. The van der Waals surface area contributed by atoms with Crippen LogP contribution < -0.4 is 5.32 Å². The zero-order chi connectivity index (χ0) is 15.7. The summed E-state index contributed by atoms with van der Waals surface area (Å²) in [7, 11) is 0. The molecule has 0 spiro atoms. The number of nitrogens with zero attached hydrogens (tertiary/aromatic N) is 2. The first-order valence-corrected chi connectivity index (χ1v) is 8.34. The van der Waals surface area contributed by atoms with E-state index in [0.717, 1.165) is 37.9 Å². The van der Waals surface area contributed by atoms with E-state index in [2.05, 4.69) is 37.1 Å². The van der Waals surface area contributed by atoms with Gasteiger partial charge in [0.15, 0.2) is 0 Å². The molecule has 0 bridgehead atoms. The summed E-state index contributed by atoms with van der Waals surface area (Å²) in [6, 6.07) is 8.94. The van der Waals surface area contributed by atoms with Crippen molar-refractivity contribution in [3.63, 3.8) is 0 Å². The van der Waals surface area contributed by atoms with Gasteiger partial charge < -0.3 is 10.2 Å². The van der Waals surface area contributed by atoms with Crippen LogP contribution in [0.5, 0.6) is 0 Å². The molecule has 0 atom stereocenters. The molecule has 22 heavy (non-hydrogen) atoms. The smallest absolute Gasteiger partial charge is 0.321 e. The second kappa shape index (κ2) is 5.92. The molecule has 1 heterocycles. The molecule has 4 heteroatoms. The van der Waals surface area contributed by atoms with Gasteiger partial charge in [0.25, 0.3) is 0 Å². The molecule has 1 aromatic rings. The van der Waals surface area contributed by atoms with Gasteiger partial charge in [0.05, 0.1) is 0 Å². The molecule has 0 aromatic heterocycles. The van der Waals surface area contributed by atoms with Crippen molar-refractivity contribution in [1.29, 1.82) is 0 Å². The molecule has 2 aliphatic rings. The predicted molar refractivity (Wildman–Crippen MR) is 90.3 cm³/mol. The van der Waals surface area contributed by atoms with Crippen LogP contribution in [0.1, 0.15) is 39.2 Å². The molecule has 1 aliphatic carbocycles. The highest BCUT2D eigenvalue weighted by Crippen LogP contribution is 2.30. The Labute approximate surface area is 133 Å². The van der Waals surface area contributed by atoms with Gasteiger partial charge in [-0.1, -0.05) is 39.0 Å². The zero-order valence-electron chi connectivity index (χ0n) is 13.9. The molecular weight excluding hydrogens is 274 g/mol. The van der Waals surface area contributed by atoms with Gasteiger partial charge in [-0.25, -0.2) is 4.79 Å². The fourth-order valence-electron chi connectivity index (χ4n) is 3.17. The van der Waals surface area contributed by atoms with Crippen molar-refractivity contribution in [2.24, 2.45) is 0 Å². The van der Waals surface area contributed by atoms with E-state index in [-0.39, 0.29) is 11.4 Å². The highest BCUT2D eigenvalue weighted by Gasteiger charge is 2.32. The number of hydrogen-bond acceptors (Lipinski definition) is 2. The molecule has 2 amide bonds. The van der Waals surface area contributed by atoms with Crippen molar-refractivity contribution in [2.75, 3.05) is 31.5 Å². The number of anilines is 1. The number of urea groups is 1. The Kier molecular flexibility index (Phi) is 4.13. The van der Waals surface area contributed by atoms with E-state index in [1.807, 2.05) is 23.1 Å². The van der Waals surface area contributed by atoms with E-state index >= 15 is 0 Å². The number of amides is 2. The third-order valence-corrected chi connectivity index (χ3v) is 4.64. The molecule has 4 nitrogen and oxygen atoms in total. The van der Waals surface area contributed by atoms with Crippen molar-refractivity contribution in [1.82, 2.24) is 9.80 Å². The highest BCUT2D eigenvalue weighted by atomic mass is 16.2. The first-order valence-electron chi connectivity index (χ1n) is 8.34. The number of nitrogens with one attached hydrogen (secondary N) is 1. The number of rotatable bonds is 2. The van der Waals surface area contributed by atoms with Crippen LogP contribution in [0.4, 0.5) is 10.5 Å². The second-order valence-corrected chi connectivity index (χ2v) is 7.48. The van der Waals surface area contributed by atoms with E-state index in [1.165, 1.54) is 18.4 Å². The van der Waals surface area contributed by atoms with Crippen LogP contribution in [0.15, 0.2) is 24.3 Å². The van der Waals surface area contributed by atoms with Crippen LogP contribution in [0.25, 0.3) is 0 Å². The lowest BCUT2D eigenvalue weighted by Gasteiger charge is -2.35. The summed E-state index contributed by atoms with van der Waals surface area (Å²) in [5, 5.41) is 3.11. The molecule has 2 fully saturated rings. The standard InChI is InChI=1S/C18H27N3O/c1-18(2,3)15-6-4-5-7-16(15)19-17(22)21-12-10-20(11-13-21)14-8-9-14/h4-7,14H,8-13H2,1-3H3,(H,19,22). The third kappa shape index (κ3) is 3.43. The monoisotopic (exact) mass is 301 g/mol. The molecule has 0 unspecified atom stereocenters. The summed E-state index contributed by atoms with van der Waals surface area (Å²) >= 11 is 0. The van der Waals surface area contributed by atoms with Crippen LogP contribution in [0.2, 0.25) is 0 Å².